The molecule has 0 bridgehead atoms. The predicted octanol–water partition coefficient (Wildman–Crippen LogP) is 3.77. The third-order valence-corrected chi connectivity index (χ3v) is 7.65. The van der Waals surface area contributed by atoms with Crippen LogP contribution in [0.4, 0.5) is 5.69 Å². The number of anilines is 1. The van der Waals surface area contributed by atoms with Crippen LogP contribution < -0.4 is 16.0 Å². The molecule has 3 aromatic carbocycles. The van der Waals surface area contributed by atoms with Gasteiger partial charge in [0.25, 0.3) is 5.56 Å². The van der Waals surface area contributed by atoms with Crippen molar-refractivity contribution >= 4 is 44.3 Å². The summed E-state index contributed by atoms with van der Waals surface area (Å²) in [6, 6.07) is 18.4. The van der Waals surface area contributed by atoms with Crippen LogP contribution in [0.3, 0.4) is 0 Å². The molecule has 1 atom stereocenters. The number of carbonyl (C=O) groups excluding carboxylic acids is 1. The molecule has 1 unspecified atom stereocenters. The first kappa shape index (κ1) is 24.6. The number of aromatic nitrogens is 2. The quantitative estimate of drug-likeness (QED) is 0.302. The third kappa shape index (κ3) is 5.14. The molecule has 0 saturated heterocycles. The number of aryl methyl sites for hydroxylation is 1. The van der Waals surface area contributed by atoms with E-state index in [-0.39, 0.29) is 16.4 Å². The van der Waals surface area contributed by atoms with Gasteiger partial charge in [0, 0.05) is 5.69 Å². The number of benzene rings is 3. The first-order valence-electron chi connectivity index (χ1n) is 10.7. The van der Waals surface area contributed by atoms with Gasteiger partial charge in [-0.25, -0.2) is 18.5 Å². The highest BCUT2D eigenvalue weighted by molar-refractivity contribution is 8.00. The first-order chi connectivity index (χ1) is 16.6. The monoisotopic (exact) mass is 508 g/mol. The van der Waals surface area contributed by atoms with Gasteiger partial charge in [-0.15, -0.1) is 0 Å². The number of para-hydroxylation sites is 1. The standard InChI is InChI=1S/C25H24N4O4S2/c1-15-7-6-10-22(16(15)2)29-24(31)20-8-4-5-9-21(20)28-25(29)34-17(3)23(30)27-18-11-13-19(14-12-18)35(26,32)33/h4-14,17H,1-3H3,(H,27,30)(H2,26,32,33). The van der Waals surface area contributed by atoms with Crippen molar-refractivity contribution in [3.63, 3.8) is 0 Å². The van der Waals surface area contributed by atoms with Crippen LogP contribution >= 0.6 is 11.8 Å². The zero-order valence-electron chi connectivity index (χ0n) is 19.3. The number of fused-ring (bicyclic) bond motifs is 1. The van der Waals surface area contributed by atoms with Crippen LogP contribution in [0.1, 0.15) is 18.1 Å². The maximum Gasteiger partial charge on any atom is 0.266 e. The Hall–Kier alpha value is -3.47. The Labute approximate surface area is 207 Å². The van der Waals surface area contributed by atoms with Crippen molar-refractivity contribution in [1.82, 2.24) is 9.55 Å². The maximum atomic E-state index is 13.5. The molecular formula is C25H24N4O4S2. The second-order valence-corrected chi connectivity index (χ2v) is 11.0. The molecule has 4 aromatic rings. The van der Waals surface area contributed by atoms with Gasteiger partial charge in [-0.05, 0) is 74.4 Å². The van der Waals surface area contributed by atoms with Crippen molar-refractivity contribution in [2.24, 2.45) is 5.14 Å². The summed E-state index contributed by atoms with van der Waals surface area (Å²) in [6.45, 7) is 5.64. The average Bonchev–Trinajstić information content (AvgIpc) is 2.81. The van der Waals surface area contributed by atoms with E-state index in [1.54, 1.807) is 29.7 Å². The fraction of sp³-hybridized carbons (Fsp3) is 0.160. The molecule has 35 heavy (non-hydrogen) atoms. The molecule has 0 fully saturated rings. The molecule has 10 heteroatoms. The minimum atomic E-state index is -3.82. The van der Waals surface area contributed by atoms with Crippen molar-refractivity contribution < 1.29 is 13.2 Å². The molecule has 0 spiro atoms. The SMILES string of the molecule is Cc1cccc(-n2c(SC(C)C(=O)Nc3ccc(S(N)(=O)=O)cc3)nc3ccccc3c2=O)c1C. The summed E-state index contributed by atoms with van der Waals surface area (Å²) >= 11 is 1.17. The lowest BCUT2D eigenvalue weighted by atomic mass is 10.1. The summed E-state index contributed by atoms with van der Waals surface area (Å²) in [5.41, 5.74) is 3.45. The van der Waals surface area contributed by atoms with Crippen molar-refractivity contribution in [1.29, 1.82) is 0 Å². The largest absolute Gasteiger partial charge is 0.325 e. The highest BCUT2D eigenvalue weighted by Crippen LogP contribution is 2.28. The number of nitrogens with zero attached hydrogens (tertiary/aromatic N) is 2. The summed E-state index contributed by atoms with van der Waals surface area (Å²) in [6.07, 6.45) is 0. The minimum Gasteiger partial charge on any atom is -0.325 e. The summed E-state index contributed by atoms with van der Waals surface area (Å²) in [7, 11) is -3.82. The summed E-state index contributed by atoms with van der Waals surface area (Å²) < 4.78 is 24.4. The van der Waals surface area contributed by atoms with Gasteiger partial charge in [0.05, 0.1) is 26.7 Å². The Bertz CT molecular complexity index is 1600. The number of carbonyl (C=O) groups is 1. The Morgan fingerprint density at radius 2 is 1.71 bits per heavy atom. The summed E-state index contributed by atoms with van der Waals surface area (Å²) in [5, 5.41) is 8.16. The fourth-order valence-corrected chi connectivity index (χ4v) is 5.00. The first-order valence-corrected chi connectivity index (χ1v) is 13.2. The average molecular weight is 509 g/mol. The van der Waals surface area contributed by atoms with Crippen LogP contribution in [0.2, 0.25) is 0 Å². The van der Waals surface area contributed by atoms with E-state index in [9.17, 15) is 18.0 Å². The van der Waals surface area contributed by atoms with Crippen molar-refractivity contribution in [2.75, 3.05) is 5.32 Å². The second kappa shape index (κ2) is 9.65. The number of thioether (sulfide) groups is 1. The van der Waals surface area contributed by atoms with Gasteiger partial charge in [-0.1, -0.05) is 36.0 Å². The Balaban J connectivity index is 1.69. The smallest absolute Gasteiger partial charge is 0.266 e. The van der Waals surface area contributed by atoms with Gasteiger partial charge < -0.3 is 5.32 Å². The molecule has 0 aliphatic heterocycles. The Kier molecular flexibility index (Phi) is 6.79. The molecule has 1 aromatic heterocycles. The van der Waals surface area contributed by atoms with Crippen molar-refractivity contribution in [2.45, 2.75) is 36.1 Å². The lowest BCUT2D eigenvalue weighted by molar-refractivity contribution is -0.115. The zero-order chi connectivity index (χ0) is 25.3. The minimum absolute atomic E-state index is 0.0455. The van der Waals surface area contributed by atoms with E-state index in [1.165, 1.54) is 36.0 Å². The third-order valence-electron chi connectivity index (χ3n) is 5.66. The zero-order valence-corrected chi connectivity index (χ0v) is 21.0. The maximum absolute atomic E-state index is 13.5. The molecule has 180 valence electrons. The molecule has 1 heterocycles. The molecule has 8 nitrogen and oxygen atoms in total. The highest BCUT2D eigenvalue weighted by Gasteiger charge is 2.21. The number of nitrogens with two attached hydrogens (primary N) is 1. The number of sulfonamides is 1. The van der Waals surface area contributed by atoms with Crippen LogP contribution in [0.15, 0.2) is 81.6 Å². The number of rotatable bonds is 6. The van der Waals surface area contributed by atoms with E-state index >= 15 is 0 Å². The van der Waals surface area contributed by atoms with Gasteiger partial charge in [-0.2, -0.15) is 0 Å². The predicted molar refractivity (Wildman–Crippen MR) is 139 cm³/mol. The van der Waals surface area contributed by atoms with E-state index in [1.807, 2.05) is 38.1 Å². The van der Waals surface area contributed by atoms with E-state index in [2.05, 4.69) is 5.32 Å². The molecule has 4 rings (SSSR count). The number of hydrogen-bond donors (Lipinski definition) is 2. The summed E-state index contributed by atoms with van der Waals surface area (Å²) in [4.78, 5) is 31.1. The topological polar surface area (TPSA) is 124 Å². The number of hydrogen-bond acceptors (Lipinski definition) is 6. The molecule has 0 saturated carbocycles. The fourth-order valence-electron chi connectivity index (χ4n) is 3.57. The molecular weight excluding hydrogens is 484 g/mol. The van der Waals surface area contributed by atoms with Gasteiger partial charge >= 0.3 is 0 Å². The normalized spacial score (nSPS) is 12.5. The highest BCUT2D eigenvalue weighted by atomic mass is 32.2. The molecule has 0 radical (unpaired) electrons. The molecule has 1 amide bonds. The lowest BCUT2D eigenvalue weighted by Gasteiger charge is -2.18. The van der Waals surface area contributed by atoms with E-state index < -0.39 is 15.3 Å². The number of primary sulfonamides is 1. The molecule has 0 aliphatic carbocycles. The van der Waals surface area contributed by atoms with Crippen LogP contribution in [0.5, 0.6) is 0 Å². The Morgan fingerprint density at radius 1 is 1.03 bits per heavy atom. The van der Waals surface area contributed by atoms with Crippen LogP contribution in [-0.4, -0.2) is 29.1 Å². The molecule has 0 aliphatic rings. The van der Waals surface area contributed by atoms with Crippen LogP contribution in [-0.2, 0) is 14.8 Å². The van der Waals surface area contributed by atoms with E-state index in [0.29, 0.717) is 27.4 Å². The van der Waals surface area contributed by atoms with Crippen LogP contribution in [0.25, 0.3) is 16.6 Å². The molecule has 3 N–H and O–H groups in total. The lowest BCUT2D eigenvalue weighted by Crippen LogP contribution is -2.26. The van der Waals surface area contributed by atoms with Gasteiger partial charge in [0.1, 0.15) is 0 Å². The van der Waals surface area contributed by atoms with E-state index in [4.69, 9.17) is 10.1 Å². The Morgan fingerprint density at radius 3 is 2.40 bits per heavy atom. The van der Waals surface area contributed by atoms with Crippen LogP contribution in [0, 0.1) is 13.8 Å². The summed E-state index contributed by atoms with van der Waals surface area (Å²) in [5.74, 6) is -0.326. The van der Waals surface area contributed by atoms with Gasteiger partial charge in [0.2, 0.25) is 15.9 Å². The van der Waals surface area contributed by atoms with E-state index in [0.717, 1.165) is 11.1 Å². The van der Waals surface area contributed by atoms with Gasteiger partial charge in [-0.3, -0.25) is 14.2 Å². The number of amides is 1. The number of nitrogens with one attached hydrogen (secondary N) is 1. The van der Waals surface area contributed by atoms with Crippen molar-refractivity contribution in [3.8, 4) is 5.69 Å². The van der Waals surface area contributed by atoms with Gasteiger partial charge in [0.15, 0.2) is 5.16 Å². The second-order valence-electron chi connectivity index (χ2n) is 8.09. The van der Waals surface area contributed by atoms with Crippen molar-refractivity contribution in [3.05, 3.63) is 88.2 Å².